The number of carbonyl (C=O) groups is 1. The molecule has 0 saturated carbocycles. The molecule has 10 heavy (non-hydrogen) atoms. The highest BCUT2D eigenvalue weighted by Crippen LogP contribution is 1.91. The molecule has 0 aliphatic carbocycles. The Labute approximate surface area is 69.4 Å². The van der Waals surface area contributed by atoms with E-state index in [1.807, 2.05) is 13.8 Å². The first-order valence-corrected chi connectivity index (χ1v) is 4.16. The molecule has 0 amide bonds. The maximum Gasteiger partial charge on any atom is 0.330 e. The van der Waals surface area contributed by atoms with Gasteiger partial charge in [0.1, 0.15) is 6.61 Å². The van der Waals surface area contributed by atoms with E-state index in [1.165, 1.54) is 6.08 Å². The minimum atomic E-state index is -0.264. The van der Waals surface area contributed by atoms with Gasteiger partial charge in [0.25, 0.3) is 0 Å². The first-order valence-electron chi connectivity index (χ1n) is 3.04. The maximum atomic E-state index is 10.7. The quantitative estimate of drug-likeness (QED) is 0.401. The van der Waals surface area contributed by atoms with Gasteiger partial charge in [-0.1, -0.05) is 21.5 Å². The van der Waals surface area contributed by atoms with Crippen molar-refractivity contribution >= 4 is 21.9 Å². The third-order valence-electron chi connectivity index (χ3n) is 0.728. The van der Waals surface area contributed by atoms with Crippen molar-refractivity contribution in [2.45, 2.75) is 13.8 Å². The summed E-state index contributed by atoms with van der Waals surface area (Å²) in [4.78, 5) is 10.7. The molecular formula is C7H11BrO2. The SMILES string of the molecule is CC(C)=CC(=O)OCCBr. The zero-order valence-electron chi connectivity index (χ0n) is 6.19. The van der Waals surface area contributed by atoms with Crippen LogP contribution in [0.5, 0.6) is 0 Å². The van der Waals surface area contributed by atoms with E-state index >= 15 is 0 Å². The van der Waals surface area contributed by atoms with E-state index in [4.69, 9.17) is 4.74 Å². The van der Waals surface area contributed by atoms with Crippen molar-refractivity contribution in [1.29, 1.82) is 0 Å². The van der Waals surface area contributed by atoms with Crippen LogP contribution in [-0.2, 0) is 9.53 Å². The van der Waals surface area contributed by atoms with Gasteiger partial charge >= 0.3 is 5.97 Å². The fourth-order valence-corrected chi connectivity index (χ4v) is 0.578. The smallest absolute Gasteiger partial charge is 0.330 e. The van der Waals surface area contributed by atoms with Crippen molar-refractivity contribution in [3.8, 4) is 0 Å². The van der Waals surface area contributed by atoms with Gasteiger partial charge in [-0.25, -0.2) is 4.79 Å². The third-order valence-corrected chi connectivity index (χ3v) is 1.05. The van der Waals surface area contributed by atoms with Crippen LogP contribution in [0.1, 0.15) is 13.8 Å². The van der Waals surface area contributed by atoms with Crippen LogP contribution in [0.4, 0.5) is 0 Å². The minimum Gasteiger partial charge on any atom is -0.462 e. The second-order valence-electron chi connectivity index (χ2n) is 2.08. The monoisotopic (exact) mass is 206 g/mol. The number of allylic oxidation sites excluding steroid dienone is 1. The van der Waals surface area contributed by atoms with Crippen molar-refractivity contribution in [1.82, 2.24) is 0 Å². The average molecular weight is 207 g/mol. The molecule has 0 heterocycles. The molecule has 0 aromatic rings. The van der Waals surface area contributed by atoms with Crippen molar-refractivity contribution in [3.63, 3.8) is 0 Å². The summed E-state index contributed by atoms with van der Waals surface area (Å²) in [5.41, 5.74) is 0.958. The van der Waals surface area contributed by atoms with E-state index in [1.54, 1.807) is 0 Å². The molecule has 0 aliphatic rings. The van der Waals surface area contributed by atoms with Crippen molar-refractivity contribution in [2.75, 3.05) is 11.9 Å². The molecular weight excluding hydrogens is 196 g/mol. The average Bonchev–Trinajstić information content (AvgIpc) is 1.82. The molecule has 0 radical (unpaired) electrons. The number of ether oxygens (including phenoxy) is 1. The summed E-state index contributed by atoms with van der Waals surface area (Å²) in [6, 6.07) is 0. The Morgan fingerprint density at radius 1 is 1.60 bits per heavy atom. The molecule has 0 spiro atoms. The summed E-state index contributed by atoms with van der Waals surface area (Å²) in [6.07, 6.45) is 1.47. The van der Waals surface area contributed by atoms with Crippen LogP contribution in [0, 0.1) is 0 Å². The first kappa shape index (κ1) is 9.69. The van der Waals surface area contributed by atoms with Crippen molar-refractivity contribution in [3.05, 3.63) is 11.6 Å². The molecule has 3 heteroatoms. The molecule has 0 aromatic carbocycles. The largest absolute Gasteiger partial charge is 0.462 e. The van der Waals surface area contributed by atoms with Crippen LogP contribution < -0.4 is 0 Å². The number of esters is 1. The van der Waals surface area contributed by atoms with Crippen LogP contribution in [-0.4, -0.2) is 17.9 Å². The van der Waals surface area contributed by atoms with E-state index in [-0.39, 0.29) is 5.97 Å². The number of halogens is 1. The van der Waals surface area contributed by atoms with Gasteiger partial charge in [-0.3, -0.25) is 0 Å². The Morgan fingerprint density at radius 3 is 2.60 bits per heavy atom. The number of rotatable bonds is 3. The zero-order valence-corrected chi connectivity index (χ0v) is 7.77. The van der Waals surface area contributed by atoms with Crippen LogP contribution >= 0.6 is 15.9 Å². The van der Waals surface area contributed by atoms with E-state index in [2.05, 4.69) is 15.9 Å². The van der Waals surface area contributed by atoms with Gasteiger partial charge in [-0.2, -0.15) is 0 Å². The molecule has 0 saturated heterocycles. The maximum absolute atomic E-state index is 10.7. The van der Waals surface area contributed by atoms with E-state index in [0.29, 0.717) is 11.9 Å². The summed E-state index contributed by atoms with van der Waals surface area (Å²) >= 11 is 3.15. The highest BCUT2D eigenvalue weighted by atomic mass is 79.9. The fourth-order valence-electron chi connectivity index (χ4n) is 0.417. The summed E-state index contributed by atoms with van der Waals surface area (Å²) < 4.78 is 4.74. The molecule has 0 rings (SSSR count). The van der Waals surface area contributed by atoms with Gasteiger partial charge in [0.05, 0.1) is 0 Å². The lowest BCUT2D eigenvalue weighted by atomic mass is 10.3. The standard InChI is InChI=1S/C7H11BrO2/c1-6(2)5-7(9)10-4-3-8/h5H,3-4H2,1-2H3. The zero-order chi connectivity index (χ0) is 7.98. The van der Waals surface area contributed by atoms with Gasteiger partial charge in [0.2, 0.25) is 0 Å². The lowest BCUT2D eigenvalue weighted by molar-refractivity contribution is -0.137. The summed E-state index contributed by atoms with van der Waals surface area (Å²) in [6.45, 7) is 4.15. The van der Waals surface area contributed by atoms with Crippen molar-refractivity contribution < 1.29 is 9.53 Å². The Morgan fingerprint density at radius 2 is 2.20 bits per heavy atom. The highest BCUT2D eigenvalue weighted by Gasteiger charge is 1.94. The topological polar surface area (TPSA) is 26.3 Å². The molecule has 0 bridgehead atoms. The molecule has 0 fully saturated rings. The molecule has 0 unspecified atom stereocenters. The number of carbonyl (C=O) groups excluding carboxylic acids is 1. The second-order valence-corrected chi connectivity index (χ2v) is 2.87. The molecule has 0 N–H and O–H groups in total. The van der Waals surface area contributed by atoms with Crippen LogP contribution in [0.2, 0.25) is 0 Å². The van der Waals surface area contributed by atoms with E-state index < -0.39 is 0 Å². The summed E-state index contributed by atoms with van der Waals surface area (Å²) in [5, 5.41) is 0.690. The Kier molecular flexibility index (Phi) is 5.30. The fraction of sp³-hybridized carbons (Fsp3) is 0.571. The van der Waals surface area contributed by atoms with E-state index in [9.17, 15) is 4.79 Å². The minimum absolute atomic E-state index is 0.264. The van der Waals surface area contributed by atoms with Gasteiger partial charge in [0.15, 0.2) is 0 Å². The molecule has 0 atom stereocenters. The van der Waals surface area contributed by atoms with Crippen LogP contribution in [0.15, 0.2) is 11.6 Å². The van der Waals surface area contributed by atoms with Crippen molar-refractivity contribution in [2.24, 2.45) is 0 Å². The number of hydrogen-bond donors (Lipinski definition) is 0. The predicted molar refractivity (Wildman–Crippen MR) is 44.2 cm³/mol. The van der Waals surface area contributed by atoms with E-state index in [0.717, 1.165) is 5.57 Å². The number of hydrogen-bond acceptors (Lipinski definition) is 2. The number of alkyl halides is 1. The normalized spacial score (nSPS) is 8.70. The second kappa shape index (κ2) is 5.47. The highest BCUT2D eigenvalue weighted by molar-refractivity contribution is 9.09. The Hall–Kier alpha value is -0.310. The molecule has 2 nitrogen and oxygen atoms in total. The molecule has 0 aliphatic heterocycles. The van der Waals surface area contributed by atoms with Crippen LogP contribution in [0.3, 0.4) is 0 Å². The van der Waals surface area contributed by atoms with Crippen LogP contribution in [0.25, 0.3) is 0 Å². The van der Waals surface area contributed by atoms with Gasteiger partial charge in [0, 0.05) is 11.4 Å². The molecule has 0 aromatic heterocycles. The first-order chi connectivity index (χ1) is 4.66. The van der Waals surface area contributed by atoms with Gasteiger partial charge in [-0.05, 0) is 13.8 Å². The Balaban J connectivity index is 3.54. The summed E-state index contributed by atoms with van der Waals surface area (Å²) in [7, 11) is 0. The third kappa shape index (κ3) is 5.82. The molecule has 58 valence electrons. The Bertz CT molecular complexity index is 137. The predicted octanol–water partition coefficient (Wildman–Crippen LogP) is 1.89. The summed E-state index contributed by atoms with van der Waals surface area (Å²) in [5.74, 6) is -0.264. The van der Waals surface area contributed by atoms with Gasteiger partial charge < -0.3 is 4.74 Å². The lowest BCUT2D eigenvalue weighted by Gasteiger charge is -1.96. The lowest BCUT2D eigenvalue weighted by Crippen LogP contribution is -2.03. The van der Waals surface area contributed by atoms with Gasteiger partial charge in [-0.15, -0.1) is 0 Å².